The summed E-state index contributed by atoms with van der Waals surface area (Å²) in [5, 5.41) is 2.90. The summed E-state index contributed by atoms with van der Waals surface area (Å²) >= 11 is 1.57. The second-order valence-corrected chi connectivity index (χ2v) is 5.63. The van der Waals surface area contributed by atoms with Crippen LogP contribution in [-0.2, 0) is 6.18 Å². The molecule has 2 aromatic heterocycles. The molecule has 2 rings (SSSR count). The summed E-state index contributed by atoms with van der Waals surface area (Å²) in [6.07, 6.45) is -4.62. The first-order chi connectivity index (χ1) is 9.25. The van der Waals surface area contributed by atoms with E-state index in [4.69, 9.17) is 5.73 Å². The lowest BCUT2D eigenvalue weighted by Crippen LogP contribution is -2.15. The Balaban J connectivity index is 2.23. The van der Waals surface area contributed by atoms with Gasteiger partial charge in [-0.2, -0.15) is 13.2 Å². The summed E-state index contributed by atoms with van der Waals surface area (Å²) in [6.45, 7) is 3.81. The van der Waals surface area contributed by atoms with E-state index in [1.807, 2.05) is 26.0 Å². The number of aryl methyl sites for hydroxylation is 1. The Hall–Kier alpha value is -1.83. The van der Waals surface area contributed by atoms with Crippen molar-refractivity contribution in [2.45, 2.75) is 26.1 Å². The number of hydrogen-bond donors (Lipinski definition) is 2. The highest BCUT2D eigenvalue weighted by Crippen LogP contribution is 2.29. The average Bonchev–Trinajstić information content (AvgIpc) is 2.74. The molecule has 1 unspecified atom stereocenters. The van der Waals surface area contributed by atoms with Crippen LogP contribution in [0.2, 0.25) is 0 Å². The third-order valence-corrected chi connectivity index (χ3v) is 3.74. The first kappa shape index (κ1) is 14.6. The second-order valence-electron chi connectivity index (χ2n) is 4.31. The fourth-order valence-electron chi connectivity index (χ4n) is 1.65. The number of nitrogens with zero attached hydrogens (tertiary/aromatic N) is 2. The largest absolute Gasteiger partial charge is 0.451 e. The van der Waals surface area contributed by atoms with Crippen molar-refractivity contribution in [1.29, 1.82) is 0 Å². The van der Waals surface area contributed by atoms with Gasteiger partial charge in [-0.1, -0.05) is 0 Å². The van der Waals surface area contributed by atoms with Gasteiger partial charge in [0.1, 0.15) is 11.6 Å². The van der Waals surface area contributed by atoms with Crippen molar-refractivity contribution < 1.29 is 13.2 Å². The number of nitrogens with one attached hydrogen (secondary N) is 1. The van der Waals surface area contributed by atoms with Gasteiger partial charge in [0, 0.05) is 15.8 Å². The van der Waals surface area contributed by atoms with E-state index in [0.29, 0.717) is 0 Å². The molecule has 0 bridgehead atoms. The molecular weight excluding hydrogens is 289 g/mol. The third-order valence-electron chi connectivity index (χ3n) is 2.55. The Kier molecular flexibility index (Phi) is 3.85. The van der Waals surface area contributed by atoms with Gasteiger partial charge in [0.2, 0.25) is 5.82 Å². The van der Waals surface area contributed by atoms with Crippen molar-refractivity contribution in [3.05, 3.63) is 33.8 Å². The second kappa shape index (κ2) is 5.28. The van der Waals surface area contributed by atoms with Gasteiger partial charge in [-0.05, 0) is 26.0 Å². The summed E-state index contributed by atoms with van der Waals surface area (Å²) in [5.41, 5.74) is 5.39. The number of alkyl halides is 3. The van der Waals surface area contributed by atoms with Gasteiger partial charge in [-0.15, -0.1) is 11.3 Å². The number of thiophene rings is 1. The molecule has 0 spiro atoms. The molecule has 4 nitrogen and oxygen atoms in total. The molecule has 1 atom stereocenters. The summed E-state index contributed by atoms with van der Waals surface area (Å²) in [5.74, 6) is -1.40. The lowest BCUT2D eigenvalue weighted by Gasteiger charge is -2.14. The van der Waals surface area contributed by atoms with Gasteiger partial charge in [0.05, 0.1) is 6.04 Å². The number of nitrogen functional groups attached to an aromatic ring is 1. The minimum atomic E-state index is -4.62. The number of anilines is 2. The third kappa shape index (κ3) is 3.38. The predicted octanol–water partition coefficient (Wildman–Crippen LogP) is 3.62. The van der Waals surface area contributed by atoms with Crippen LogP contribution in [0.3, 0.4) is 0 Å². The van der Waals surface area contributed by atoms with Gasteiger partial charge < -0.3 is 11.1 Å². The number of hydrogen-bond acceptors (Lipinski definition) is 5. The topological polar surface area (TPSA) is 63.8 Å². The Morgan fingerprint density at radius 3 is 2.55 bits per heavy atom. The summed E-state index contributed by atoms with van der Waals surface area (Å²) in [7, 11) is 0. The van der Waals surface area contributed by atoms with Gasteiger partial charge in [-0.3, -0.25) is 0 Å². The van der Waals surface area contributed by atoms with Crippen molar-refractivity contribution in [3.63, 3.8) is 0 Å². The quantitative estimate of drug-likeness (QED) is 0.909. The van der Waals surface area contributed by atoms with E-state index < -0.39 is 12.0 Å². The zero-order valence-electron chi connectivity index (χ0n) is 10.8. The normalized spacial score (nSPS) is 13.2. The molecule has 2 heterocycles. The minimum absolute atomic E-state index is 0.0587. The van der Waals surface area contributed by atoms with Crippen molar-refractivity contribution in [1.82, 2.24) is 9.97 Å². The van der Waals surface area contributed by atoms with Crippen LogP contribution in [0.15, 0.2) is 18.2 Å². The SMILES string of the molecule is Cc1ccc(C(C)Nc2cc(N)nc(C(F)(F)F)n2)s1. The maximum absolute atomic E-state index is 12.6. The molecule has 0 aliphatic rings. The standard InChI is InChI=1S/C12H13F3N4S/c1-6-3-4-8(20-6)7(2)17-10-5-9(16)18-11(19-10)12(13,14)15/h3-5,7H,1-2H3,(H3,16,17,18,19). The lowest BCUT2D eigenvalue weighted by atomic mass is 10.2. The smallest absolute Gasteiger partial charge is 0.384 e. The van der Waals surface area contributed by atoms with Gasteiger partial charge in [0.15, 0.2) is 0 Å². The Labute approximate surface area is 117 Å². The molecule has 20 heavy (non-hydrogen) atoms. The predicted molar refractivity (Wildman–Crippen MR) is 72.5 cm³/mol. The van der Waals surface area contributed by atoms with Crippen molar-refractivity contribution >= 4 is 23.0 Å². The van der Waals surface area contributed by atoms with Gasteiger partial charge >= 0.3 is 6.18 Å². The zero-order chi connectivity index (χ0) is 14.9. The van der Waals surface area contributed by atoms with Crippen LogP contribution in [0, 0.1) is 6.92 Å². The number of halogens is 3. The summed E-state index contributed by atoms with van der Waals surface area (Å²) < 4.78 is 37.8. The van der Waals surface area contributed by atoms with Crippen LogP contribution in [0.5, 0.6) is 0 Å². The molecule has 2 aromatic rings. The van der Waals surface area contributed by atoms with Crippen LogP contribution in [0.1, 0.15) is 28.5 Å². The van der Waals surface area contributed by atoms with E-state index in [-0.39, 0.29) is 17.7 Å². The monoisotopic (exact) mass is 302 g/mol. The van der Waals surface area contributed by atoms with E-state index in [2.05, 4.69) is 15.3 Å². The molecule has 0 fully saturated rings. The lowest BCUT2D eigenvalue weighted by molar-refractivity contribution is -0.144. The van der Waals surface area contributed by atoms with Crippen LogP contribution in [0.4, 0.5) is 24.8 Å². The fraction of sp³-hybridized carbons (Fsp3) is 0.333. The molecule has 0 aromatic carbocycles. The highest BCUT2D eigenvalue weighted by Gasteiger charge is 2.35. The average molecular weight is 302 g/mol. The molecule has 0 aliphatic carbocycles. The summed E-state index contributed by atoms with van der Waals surface area (Å²) in [4.78, 5) is 8.79. The fourth-order valence-corrected chi connectivity index (χ4v) is 2.53. The Morgan fingerprint density at radius 1 is 1.30 bits per heavy atom. The minimum Gasteiger partial charge on any atom is -0.384 e. The highest BCUT2D eigenvalue weighted by atomic mass is 32.1. The Morgan fingerprint density at radius 2 is 2.00 bits per heavy atom. The van der Waals surface area contributed by atoms with Crippen molar-refractivity contribution in [2.24, 2.45) is 0 Å². The molecule has 108 valence electrons. The van der Waals surface area contributed by atoms with Crippen molar-refractivity contribution in [3.8, 4) is 0 Å². The number of rotatable bonds is 3. The first-order valence-corrected chi connectivity index (χ1v) is 6.62. The molecule has 0 saturated carbocycles. The van der Waals surface area contributed by atoms with Crippen LogP contribution in [0.25, 0.3) is 0 Å². The highest BCUT2D eigenvalue weighted by molar-refractivity contribution is 7.12. The maximum Gasteiger partial charge on any atom is 0.451 e. The molecule has 8 heteroatoms. The molecule has 0 radical (unpaired) electrons. The molecule has 0 amide bonds. The zero-order valence-corrected chi connectivity index (χ0v) is 11.6. The van der Waals surface area contributed by atoms with E-state index in [9.17, 15) is 13.2 Å². The van der Waals surface area contributed by atoms with Crippen molar-refractivity contribution in [2.75, 3.05) is 11.1 Å². The number of nitrogens with two attached hydrogens (primary N) is 1. The van der Waals surface area contributed by atoms with E-state index in [0.717, 1.165) is 9.75 Å². The van der Waals surface area contributed by atoms with E-state index in [1.54, 1.807) is 11.3 Å². The van der Waals surface area contributed by atoms with Crippen LogP contribution >= 0.6 is 11.3 Å². The summed E-state index contributed by atoms with van der Waals surface area (Å²) in [6, 6.07) is 5.00. The molecule has 0 saturated heterocycles. The first-order valence-electron chi connectivity index (χ1n) is 5.80. The van der Waals surface area contributed by atoms with Gasteiger partial charge in [0.25, 0.3) is 0 Å². The number of aromatic nitrogens is 2. The maximum atomic E-state index is 12.6. The molecule has 0 aliphatic heterocycles. The van der Waals surface area contributed by atoms with E-state index in [1.165, 1.54) is 6.07 Å². The van der Waals surface area contributed by atoms with Gasteiger partial charge in [-0.25, -0.2) is 9.97 Å². The Bertz CT molecular complexity index is 609. The molecular formula is C12H13F3N4S. The van der Waals surface area contributed by atoms with E-state index >= 15 is 0 Å². The van der Waals surface area contributed by atoms with Crippen LogP contribution in [-0.4, -0.2) is 9.97 Å². The van der Waals surface area contributed by atoms with Crippen LogP contribution < -0.4 is 11.1 Å². The molecule has 3 N–H and O–H groups in total.